The molecule has 0 aromatic carbocycles. The van der Waals surface area contributed by atoms with Gasteiger partial charge in [0.2, 0.25) is 0 Å². The molecular weight excluding hydrogens is 260 g/mol. The number of aromatic nitrogens is 1. The molecule has 0 saturated heterocycles. The number of carbonyl (C=O) groups excluding carboxylic acids is 1. The Kier molecular flexibility index (Phi) is 3.67. The third-order valence-corrected chi connectivity index (χ3v) is 4.18. The van der Waals surface area contributed by atoms with Gasteiger partial charge in [0.15, 0.2) is 0 Å². The molecule has 0 bridgehead atoms. The molecule has 98 valence electrons. The molecule has 0 aliphatic rings. The number of carbonyl (C=O) groups is 1. The lowest BCUT2D eigenvalue weighted by atomic mass is 10.2. The zero-order valence-electron chi connectivity index (χ0n) is 10.8. The van der Waals surface area contributed by atoms with Crippen molar-refractivity contribution in [1.82, 2.24) is 9.88 Å². The number of thiophene rings is 1. The SMILES string of the molecule is CC(CC#N)N(C)C(=O)c1sc2ncccc2c1N. The molecular formula is C13H14N4OS. The number of nitrogens with zero attached hydrogens (tertiary/aromatic N) is 3. The van der Waals surface area contributed by atoms with Gasteiger partial charge in [-0.05, 0) is 19.1 Å². The number of hydrogen-bond acceptors (Lipinski definition) is 5. The number of anilines is 1. The summed E-state index contributed by atoms with van der Waals surface area (Å²) in [7, 11) is 1.68. The first-order valence-electron chi connectivity index (χ1n) is 5.83. The summed E-state index contributed by atoms with van der Waals surface area (Å²) in [5.41, 5.74) is 6.48. The fourth-order valence-electron chi connectivity index (χ4n) is 1.74. The van der Waals surface area contributed by atoms with Gasteiger partial charge in [0.05, 0.1) is 18.2 Å². The average molecular weight is 274 g/mol. The van der Waals surface area contributed by atoms with Crippen molar-refractivity contribution in [1.29, 1.82) is 5.26 Å². The van der Waals surface area contributed by atoms with Gasteiger partial charge in [-0.15, -0.1) is 11.3 Å². The minimum absolute atomic E-state index is 0.143. The number of rotatable bonds is 3. The molecule has 5 nitrogen and oxygen atoms in total. The minimum atomic E-state index is -0.164. The van der Waals surface area contributed by atoms with Gasteiger partial charge in [0, 0.05) is 24.7 Å². The van der Waals surface area contributed by atoms with Crippen molar-refractivity contribution in [3.8, 4) is 6.07 Å². The van der Waals surface area contributed by atoms with Crippen LogP contribution in [-0.4, -0.2) is 28.9 Å². The van der Waals surface area contributed by atoms with Crippen LogP contribution < -0.4 is 5.73 Å². The first-order chi connectivity index (χ1) is 9.06. The van der Waals surface area contributed by atoms with Crippen molar-refractivity contribution < 1.29 is 4.79 Å². The molecule has 6 heteroatoms. The van der Waals surface area contributed by atoms with Crippen molar-refractivity contribution in [2.45, 2.75) is 19.4 Å². The Morgan fingerprint density at radius 3 is 3.05 bits per heavy atom. The van der Waals surface area contributed by atoms with E-state index in [4.69, 9.17) is 11.0 Å². The lowest BCUT2D eigenvalue weighted by Gasteiger charge is -2.22. The van der Waals surface area contributed by atoms with Crippen molar-refractivity contribution in [3.05, 3.63) is 23.2 Å². The second-order valence-electron chi connectivity index (χ2n) is 4.33. The van der Waals surface area contributed by atoms with E-state index in [9.17, 15) is 4.79 Å². The molecule has 0 saturated carbocycles. The van der Waals surface area contributed by atoms with Gasteiger partial charge in [0.25, 0.3) is 5.91 Å². The van der Waals surface area contributed by atoms with Crippen LogP contribution >= 0.6 is 11.3 Å². The molecule has 1 unspecified atom stereocenters. The Morgan fingerprint density at radius 2 is 2.42 bits per heavy atom. The molecule has 0 fully saturated rings. The van der Waals surface area contributed by atoms with E-state index in [0.717, 1.165) is 10.2 Å². The number of nitrogen functional groups attached to an aromatic ring is 1. The largest absolute Gasteiger partial charge is 0.397 e. The highest BCUT2D eigenvalue weighted by Crippen LogP contribution is 2.32. The molecule has 0 aliphatic carbocycles. The Morgan fingerprint density at radius 1 is 1.68 bits per heavy atom. The summed E-state index contributed by atoms with van der Waals surface area (Å²) in [6.07, 6.45) is 1.97. The number of nitriles is 1. The first kappa shape index (κ1) is 13.3. The molecule has 19 heavy (non-hydrogen) atoms. The lowest BCUT2D eigenvalue weighted by Crippen LogP contribution is -2.34. The predicted octanol–water partition coefficient (Wildman–Crippen LogP) is 2.25. The van der Waals surface area contributed by atoms with Gasteiger partial charge in [-0.3, -0.25) is 4.79 Å². The van der Waals surface area contributed by atoms with Crippen LogP contribution in [0.15, 0.2) is 18.3 Å². The third kappa shape index (κ3) is 2.37. The van der Waals surface area contributed by atoms with Crippen molar-refractivity contribution >= 4 is 33.1 Å². The second-order valence-corrected chi connectivity index (χ2v) is 5.33. The van der Waals surface area contributed by atoms with Crippen LogP contribution in [0.3, 0.4) is 0 Å². The van der Waals surface area contributed by atoms with Gasteiger partial charge < -0.3 is 10.6 Å². The molecule has 2 rings (SSSR count). The number of pyridine rings is 1. The highest BCUT2D eigenvalue weighted by atomic mass is 32.1. The Balaban J connectivity index is 2.37. The highest BCUT2D eigenvalue weighted by molar-refractivity contribution is 7.21. The summed E-state index contributed by atoms with van der Waals surface area (Å²) in [5, 5.41) is 9.49. The molecule has 1 atom stereocenters. The van der Waals surface area contributed by atoms with Crippen LogP contribution in [0.25, 0.3) is 10.2 Å². The topological polar surface area (TPSA) is 83.0 Å². The second kappa shape index (κ2) is 5.24. The van der Waals surface area contributed by atoms with Gasteiger partial charge >= 0.3 is 0 Å². The van der Waals surface area contributed by atoms with Crippen molar-refractivity contribution in [3.63, 3.8) is 0 Å². The highest BCUT2D eigenvalue weighted by Gasteiger charge is 2.23. The normalized spacial score (nSPS) is 12.1. The van der Waals surface area contributed by atoms with Gasteiger partial charge in [-0.2, -0.15) is 5.26 Å². The van der Waals surface area contributed by atoms with Crippen molar-refractivity contribution in [2.75, 3.05) is 12.8 Å². The van der Waals surface area contributed by atoms with Crippen LogP contribution in [0, 0.1) is 11.3 Å². The average Bonchev–Trinajstić information content (AvgIpc) is 2.75. The molecule has 1 amide bonds. The van der Waals surface area contributed by atoms with Crippen molar-refractivity contribution in [2.24, 2.45) is 0 Å². The lowest BCUT2D eigenvalue weighted by molar-refractivity contribution is 0.0752. The van der Waals surface area contributed by atoms with Crippen LogP contribution in [0.4, 0.5) is 5.69 Å². The molecule has 0 aliphatic heterocycles. The van der Waals surface area contributed by atoms with E-state index in [2.05, 4.69) is 11.1 Å². The molecule has 2 aromatic heterocycles. The monoisotopic (exact) mass is 274 g/mol. The predicted molar refractivity (Wildman–Crippen MR) is 75.8 cm³/mol. The quantitative estimate of drug-likeness (QED) is 0.930. The molecule has 0 spiro atoms. The molecule has 2 heterocycles. The summed E-state index contributed by atoms with van der Waals surface area (Å²) in [6, 6.07) is 5.56. The number of nitrogens with two attached hydrogens (primary N) is 1. The summed E-state index contributed by atoms with van der Waals surface area (Å²) in [4.78, 5) is 19.4. The van der Waals surface area contributed by atoms with Crippen LogP contribution in [0.2, 0.25) is 0 Å². The van der Waals surface area contributed by atoms with E-state index in [1.807, 2.05) is 13.0 Å². The zero-order chi connectivity index (χ0) is 14.0. The van der Waals surface area contributed by atoms with Gasteiger partial charge in [-0.1, -0.05) is 0 Å². The number of fused-ring (bicyclic) bond motifs is 1. The van der Waals surface area contributed by atoms with Crippen LogP contribution in [0.1, 0.15) is 23.0 Å². The van der Waals surface area contributed by atoms with E-state index < -0.39 is 0 Å². The smallest absolute Gasteiger partial charge is 0.266 e. The Hall–Kier alpha value is -2.13. The number of amides is 1. The fourth-order valence-corrected chi connectivity index (χ4v) is 2.79. The fraction of sp³-hybridized carbons (Fsp3) is 0.308. The van der Waals surface area contributed by atoms with Crippen LogP contribution in [-0.2, 0) is 0 Å². The van der Waals surface area contributed by atoms with Gasteiger partial charge in [-0.25, -0.2) is 4.98 Å². The Bertz CT molecular complexity index is 658. The molecule has 0 radical (unpaired) electrons. The maximum atomic E-state index is 12.4. The Labute approximate surface area is 115 Å². The maximum Gasteiger partial charge on any atom is 0.266 e. The summed E-state index contributed by atoms with van der Waals surface area (Å²) >= 11 is 1.29. The van der Waals surface area contributed by atoms with E-state index in [1.54, 1.807) is 24.2 Å². The maximum absolute atomic E-state index is 12.4. The standard InChI is InChI=1S/C13H14N4OS/c1-8(5-6-14)17(2)13(18)11-10(15)9-4-3-7-16-12(9)19-11/h3-4,7-8H,5,15H2,1-2H3. The van der Waals surface area contributed by atoms with E-state index in [0.29, 0.717) is 17.0 Å². The molecule has 2 aromatic rings. The number of hydrogen-bond donors (Lipinski definition) is 1. The summed E-state index contributed by atoms with van der Waals surface area (Å²) in [5.74, 6) is -0.164. The van der Waals surface area contributed by atoms with Gasteiger partial charge in [0.1, 0.15) is 9.71 Å². The van der Waals surface area contributed by atoms with E-state index in [1.165, 1.54) is 11.3 Å². The third-order valence-electron chi connectivity index (χ3n) is 3.07. The summed E-state index contributed by atoms with van der Waals surface area (Å²) in [6.45, 7) is 1.84. The zero-order valence-corrected chi connectivity index (χ0v) is 11.6. The minimum Gasteiger partial charge on any atom is -0.397 e. The van der Waals surface area contributed by atoms with E-state index in [-0.39, 0.29) is 11.9 Å². The summed E-state index contributed by atoms with van der Waals surface area (Å²) < 4.78 is 0. The van der Waals surface area contributed by atoms with E-state index >= 15 is 0 Å². The first-order valence-corrected chi connectivity index (χ1v) is 6.65. The molecule has 2 N–H and O–H groups in total. The van der Waals surface area contributed by atoms with Crippen LogP contribution in [0.5, 0.6) is 0 Å².